The molecule has 0 aliphatic carbocycles. The van der Waals surface area contributed by atoms with Crippen LogP contribution in [-0.2, 0) is 45.5 Å². The van der Waals surface area contributed by atoms with E-state index in [1.165, 1.54) is 0 Å². The molecular formula is C51H58N2O12. The van der Waals surface area contributed by atoms with E-state index in [2.05, 4.69) is 9.97 Å². The number of ether oxygens (including phenoxy) is 10. The summed E-state index contributed by atoms with van der Waals surface area (Å²) < 4.78 is 58.9. The maximum Gasteiger partial charge on any atom is 0.323 e. The average molecular weight is 891 g/mol. The Kier molecular flexibility index (Phi) is 15.8. The van der Waals surface area contributed by atoms with Gasteiger partial charge in [0.15, 0.2) is 28.4 Å². The molecule has 0 saturated heterocycles. The van der Waals surface area contributed by atoms with Crippen LogP contribution in [0.3, 0.4) is 0 Å². The van der Waals surface area contributed by atoms with Crippen LogP contribution in [0.1, 0.15) is 76.6 Å². The van der Waals surface area contributed by atoms with Crippen LogP contribution >= 0.6 is 0 Å². The minimum Gasteiger partial charge on any atom is -0.497 e. The molecule has 2 aromatic heterocycles. The van der Waals surface area contributed by atoms with Gasteiger partial charge in [0.1, 0.15) is 49.4 Å². The van der Waals surface area contributed by atoms with Gasteiger partial charge in [-0.15, -0.1) is 0 Å². The highest BCUT2D eigenvalue weighted by atomic mass is 16.6. The Labute approximate surface area is 380 Å². The number of aromatic nitrogens is 2. The second-order valence-electron chi connectivity index (χ2n) is 15.8. The Balaban J connectivity index is 1.12. The monoisotopic (exact) mass is 890 g/mol. The Morgan fingerprint density at radius 2 is 0.938 bits per heavy atom. The highest BCUT2D eigenvalue weighted by molar-refractivity contribution is 6.00. The summed E-state index contributed by atoms with van der Waals surface area (Å²) in [4.78, 5) is 36.9. The van der Waals surface area contributed by atoms with Gasteiger partial charge in [-0.05, 0) is 112 Å². The lowest BCUT2D eigenvalue weighted by Gasteiger charge is -2.27. The number of nitrogens with zero attached hydrogens (tertiary/aromatic N) is 2. The van der Waals surface area contributed by atoms with E-state index >= 15 is 0 Å². The predicted molar refractivity (Wildman–Crippen MR) is 245 cm³/mol. The maximum absolute atomic E-state index is 13.9. The van der Waals surface area contributed by atoms with E-state index in [-0.39, 0.29) is 51.5 Å². The lowest BCUT2D eigenvalue weighted by atomic mass is 9.82. The molecule has 6 aromatic rings. The van der Waals surface area contributed by atoms with Crippen LogP contribution in [0.5, 0.6) is 46.0 Å². The molecule has 14 nitrogen and oxygen atoms in total. The van der Waals surface area contributed by atoms with Crippen molar-refractivity contribution >= 4 is 33.7 Å². The van der Waals surface area contributed by atoms with Crippen molar-refractivity contribution in [2.45, 2.75) is 93.0 Å². The summed E-state index contributed by atoms with van der Waals surface area (Å²) >= 11 is 0. The molecule has 0 amide bonds. The van der Waals surface area contributed by atoms with E-state index in [9.17, 15) is 9.59 Å². The molecule has 0 fully saturated rings. The molecule has 0 atom stereocenters. The van der Waals surface area contributed by atoms with Crippen molar-refractivity contribution in [2.24, 2.45) is 5.41 Å². The predicted octanol–water partition coefficient (Wildman–Crippen LogP) is 10.1. The lowest BCUT2D eigenvalue weighted by molar-refractivity contribution is -0.175. The molecule has 0 aliphatic rings. The lowest BCUT2D eigenvalue weighted by Crippen LogP contribution is -2.41. The zero-order valence-corrected chi connectivity index (χ0v) is 38.8. The Hall–Kier alpha value is -6.96. The van der Waals surface area contributed by atoms with Crippen molar-refractivity contribution in [3.63, 3.8) is 0 Å². The number of carbonyl (C=O) groups is 2. The van der Waals surface area contributed by atoms with Gasteiger partial charge >= 0.3 is 11.9 Å². The number of benzene rings is 4. The third-order valence-corrected chi connectivity index (χ3v) is 10.9. The van der Waals surface area contributed by atoms with Gasteiger partial charge < -0.3 is 47.4 Å². The second-order valence-corrected chi connectivity index (χ2v) is 15.8. The van der Waals surface area contributed by atoms with Crippen molar-refractivity contribution in [1.29, 1.82) is 0 Å². The first-order valence-electron chi connectivity index (χ1n) is 21.5. The average Bonchev–Trinajstić information content (AvgIpc) is 3.32. The molecule has 4 aromatic carbocycles. The summed E-state index contributed by atoms with van der Waals surface area (Å²) in [6, 6.07) is 21.7. The van der Waals surface area contributed by atoms with Crippen LogP contribution in [0.15, 0.2) is 85.2 Å². The molecule has 2 heterocycles. The molecule has 65 heavy (non-hydrogen) atoms. The van der Waals surface area contributed by atoms with Crippen molar-refractivity contribution in [1.82, 2.24) is 9.97 Å². The number of fused-ring (bicyclic) bond motifs is 2. The fraction of sp³-hybridized carbons (Fsp3) is 0.373. The van der Waals surface area contributed by atoms with E-state index in [0.717, 1.165) is 32.9 Å². The molecule has 0 unspecified atom stereocenters. The minimum absolute atomic E-state index is 0.108. The molecule has 0 radical (unpaired) electrons. The van der Waals surface area contributed by atoms with Crippen LogP contribution in [-0.4, -0.2) is 62.6 Å². The number of hydrogen-bond donors (Lipinski definition) is 0. The summed E-state index contributed by atoms with van der Waals surface area (Å²) in [5, 5.41) is 1.59. The summed E-state index contributed by atoms with van der Waals surface area (Å²) in [7, 11) is 6.31. The van der Waals surface area contributed by atoms with E-state index in [4.69, 9.17) is 47.4 Å². The first-order chi connectivity index (χ1) is 31.4. The van der Waals surface area contributed by atoms with Gasteiger partial charge in [0.2, 0.25) is 0 Å². The SMILES string of the molecule is CCC(CC)(C(=O)OCc1ccc(OC)c(OCc2cnc3ccc(OC)cc3c2OC(C)C)c1)C(=O)OCc1ccc(OC)c(OCc2cnc3ccc(OC)cc3c2OC(C)C)c1. The van der Waals surface area contributed by atoms with Gasteiger partial charge in [0, 0.05) is 23.2 Å². The Morgan fingerprint density at radius 1 is 0.523 bits per heavy atom. The zero-order valence-electron chi connectivity index (χ0n) is 38.8. The van der Waals surface area contributed by atoms with Crippen LogP contribution in [0.2, 0.25) is 0 Å². The van der Waals surface area contributed by atoms with E-state index in [1.807, 2.05) is 64.1 Å². The smallest absolute Gasteiger partial charge is 0.323 e. The summed E-state index contributed by atoms with van der Waals surface area (Å²) in [5.74, 6) is 3.03. The molecule has 14 heteroatoms. The standard InChI is InChI=1S/C51H58N2O12/c1-11-51(12-2,49(54)62-27-33-13-19-43(58-9)45(21-33)60-29-35-25-52-41-17-15-37(56-7)23-39(41)47(35)64-31(3)4)50(55)63-28-34-14-20-44(59-10)46(22-34)61-30-36-26-53-42-18-16-38(57-8)24-40(42)48(36)65-32(5)6/h13-26,31-32H,11-12,27-30H2,1-10H3. The third-order valence-electron chi connectivity index (χ3n) is 10.9. The molecule has 0 N–H and O–H groups in total. The molecule has 344 valence electrons. The van der Waals surface area contributed by atoms with Gasteiger partial charge in [-0.3, -0.25) is 19.6 Å². The number of methoxy groups -OCH3 is 4. The normalized spacial score (nSPS) is 11.4. The van der Waals surface area contributed by atoms with Gasteiger partial charge in [-0.1, -0.05) is 26.0 Å². The fourth-order valence-electron chi connectivity index (χ4n) is 7.23. The van der Waals surface area contributed by atoms with Gasteiger partial charge in [-0.2, -0.15) is 0 Å². The number of hydrogen-bond acceptors (Lipinski definition) is 14. The summed E-state index contributed by atoms with van der Waals surface area (Å²) in [6.45, 7) is 11.3. The summed E-state index contributed by atoms with van der Waals surface area (Å²) in [5.41, 5.74) is 2.65. The molecule has 0 aliphatic heterocycles. The largest absolute Gasteiger partial charge is 0.497 e. The first kappa shape index (κ1) is 47.5. The quantitative estimate of drug-likeness (QED) is 0.0469. The van der Waals surface area contributed by atoms with E-state index in [1.54, 1.807) is 91.1 Å². The molecule has 0 saturated carbocycles. The Bertz CT molecular complexity index is 2430. The van der Waals surface area contributed by atoms with Gasteiger partial charge in [0.05, 0.1) is 62.8 Å². The maximum atomic E-state index is 13.9. The van der Waals surface area contributed by atoms with Gasteiger partial charge in [0.25, 0.3) is 0 Å². The van der Waals surface area contributed by atoms with Crippen molar-refractivity contribution < 1.29 is 57.0 Å². The molecule has 6 rings (SSSR count). The van der Waals surface area contributed by atoms with Crippen molar-refractivity contribution in [2.75, 3.05) is 28.4 Å². The zero-order chi connectivity index (χ0) is 46.7. The first-order valence-corrected chi connectivity index (χ1v) is 21.5. The highest BCUT2D eigenvalue weighted by Crippen LogP contribution is 2.38. The fourth-order valence-corrected chi connectivity index (χ4v) is 7.23. The summed E-state index contributed by atoms with van der Waals surface area (Å²) in [6.07, 6.45) is 3.55. The molecular weight excluding hydrogens is 833 g/mol. The number of rotatable bonds is 22. The number of esters is 2. The van der Waals surface area contributed by atoms with Crippen LogP contribution < -0.4 is 37.9 Å². The third kappa shape index (κ3) is 11.1. The van der Waals surface area contributed by atoms with Gasteiger partial charge in [-0.25, -0.2) is 0 Å². The van der Waals surface area contributed by atoms with Crippen LogP contribution in [0, 0.1) is 5.41 Å². The highest BCUT2D eigenvalue weighted by Gasteiger charge is 2.46. The van der Waals surface area contributed by atoms with Crippen molar-refractivity contribution in [3.8, 4) is 46.0 Å². The van der Waals surface area contributed by atoms with E-state index < -0.39 is 17.4 Å². The van der Waals surface area contributed by atoms with E-state index in [0.29, 0.717) is 57.1 Å². The Morgan fingerprint density at radius 3 is 1.29 bits per heavy atom. The topological polar surface area (TPSA) is 152 Å². The molecule has 0 spiro atoms. The van der Waals surface area contributed by atoms with Crippen molar-refractivity contribution in [3.05, 3.63) is 107 Å². The second kappa shape index (κ2) is 21.6. The molecule has 0 bridgehead atoms. The van der Waals surface area contributed by atoms with Crippen LogP contribution in [0.25, 0.3) is 21.8 Å². The van der Waals surface area contributed by atoms with Crippen LogP contribution in [0.4, 0.5) is 0 Å². The minimum atomic E-state index is -1.55. The number of carbonyl (C=O) groups excluding carboxylic acids is 2. The number of pyridine rings is 2.